The van der Waals surface area contributed by atoms with E-state index in [0.717, 1.165) is 11.8 Å². The number of methoxy groups -OCH3 is 1. The number of hydrogen-bond acceptors (Lipinski definition) is 4. The zero-order valence-corrected chi connectivity index (χ0v) is 10.7. The van der Waals surface area contributed by atoms with Gasteiger partial charge in [0, 0.05) is 6.07 Å². The standard InChI is InChI=1S/C13H8F3N3O2/c1-21-12(20)10-6-11(13(14,15)16)18-19(10)9-4-2-8(7-17)3-5-9/h2-6H,1H3. The topological polar surface area (TPSA) is 67.9 Å². The van der Waals surface area contributed by atoms with E-state index in [1.54, 1.807) is 0 Å². The lowest BCUT2D eigenvalue weighted by Crippen LogP contribution is -2.10. The minimum absolute atomic E-state index is 0.213. The van der Waals surface area contributed by atoms with Crippen molar-refractivity contribution in [2.75, 3.05) is 7.11 Å². The number of halogens is 3. The Labute approximate surface area is 117 Å². The van der Waals surface area contributed by atoms with E-state index in [-0.39, 0.29) is 11.4 Å². The molecule has 1 heterocycles. The maximum Gasteiger partial charge on any atom is 0.435 e. The van der Waals surface area contributed by atoms with Gasteiger partial charge in [0.25, 0.3) is 0 Å². The maximum atomic E-state index is 12.7. The van der Waals surface area contributed by atoms with E-state index >= 15 is 0 Å². The molecule has 2 aromatic rings. The summed E-state index contributed by atoms with van der Waals surface area (Å²) in [5, 5.41) is 12.1. The molecule has 0 amide bonds. The number of carbonyl (C=O) groups is 1. The summed E-state index contributed by atoms with van der Waals surface area (Å²) < 4.78 is 43.4. The molecule has 1 aromatic carbocycles. The second-order valence-corrected chi connectivity index (χ2v) is 3.97. The minimum Gasteiger partial charge on any atom is -0.464 e. The summed E-state index contributed by atoms with van der Waals surface area (Å²) in [5.41, 5.74) is -1.01. The van der Waals surface area contributed by atoms with Crippen molar-refractivity contribution in [1.82, 2.24) is 9.78 Å². The van der Waals surface area contributed by atoms with Gasteiger partial charge in [-0.05, 0) is 24.3 Å². The molecule has 0 radical (unpaired) electrons. The van der Waals surface area contributed by atoms with E-state index in [0.29, 0.717) is 11.6 Å². The average Bonchev–Trinajstić information content (AvgIpc) is 2.91. The third kappa shape index (κ3) is 2.86. The largest absolute Gasteiger partial charge is 0.464 e. The Bertz CT molecular complexity index is 712. The number of rotatable bonds is 2. The molecule has 0 saturated heterocycles. The second kappa shape index (κ2) is 5.28. The summed E-state index contributed by atoms with van der Waals surface area (Å²) in [4.78, 5) is 11.6. The van der Waals surface area contributed by atoms with Crippen molar-refractivity contribution in [3.63, 3.8) is 0 Å². The Balaban J connectivity index is 2.57. The minimum atomic E-state index is -4.68. The summed E-state index contributed by atoms with van der Waals surface area (Å²) in [6.07, 6.45) is -4.68. The Morgan fingerprint density at radius 2 is 1.95 bits per heavy atom. The first-order valence-corrected chi connectivity index (χ1v) is 5.63. The van der Waals surface area contributed by atoms with Crippen molar-refractivity contribution in [1.29, 1.82) is 5.26 Å². The Kier molecular flexibility index (Phi) is 3.67. The number of esters is 1. The van der Waals surface area contributed by atoms with Crippen LogP contribution in [0.4, 0.5) is 13.2 Å². The number of benzene rings is 1. The predicted molar refractivity (Wildman–Crippen MR) is 64.6 cm³/mol. The fraction of sp³-hybridized carbons (Fsp3) is 0.154. The van der Waals surface area contributed by atoms with Crippen LogP contribution in [0.3, 0.4) is 0 Å². The number of alkyl halides is 3. The van der Waals surface area contributed by atoms with Gasteiger partial charge >= 0.3 is 12.1 Å². The van der Waals surface area contributed by atoms with Gasteiger partial charge in [0.1, 0.15) is 0 Å². The van der Waals surface area contributed by atoms with E-state index in [1.165, 1.54) is 24.3 Å². The van der Waals surface area contributed by atoms with Crippen LogP contribution in [0.5, 0.6) is 0 Å². The second-order valence-electron chi connectivity index (χ2n) is 3.97. The van der Waals surface area contributed by atoms with Gasteiger partial charge in [-0.3, -0.25) is 0 Å². The van der Waals surface area contributed by atoms with Gasteiger partial charge in [-0.25, -0.2) is 9.48 Å². The van der Waals surface area contributed by atoms with Gasteiger partial charge < -0.3 is 4.74 Å². The normalized spacial score (nSPS) is 11.0. The number of carbonyl (C=O) groups excluding carboxylic acids is 1. The molecule has 5 nitrogen and oxygen atoms in total. The van der Waals surface area contributed by atoms with Gasteiger partial charge in [-0.15, -0.1) is 0 Å². The van der Waals surface area contributed by atoms with Crippen LogP contribution in [-0.2, 0) is 10.9 Å². The monoisotopic (exact) mass is 295 g/mol. The molecule has 1 aromatic heterocycles. The molecule has 2 rings (SSSR count). The molecule has 0 spiro atoms. The molecule has 0 N–H and O–H groups in total. The van der Waals surface area contributed by atoms with Crippen LogP contribution in [0.25, 0.3) is 5.69 Å². The summed E-state index contributed by atoms with van der Waals surface area (Å²) in [5.74, 6) is -0.942. The van der Waals surface area contributed by atoms with Crippen LogP contribution in [0, 0.1) is 11.3 Å². The van der Waals surface area contributed by atoms with E-state index in [9.17, 15) is 18.0 Å². The van der Waals surface area contributed by atoms with Crippen LogP contribution >= 0.6 is 0 Å². The maximum absolute atomic E-state index is 12.7. The first-order chi connectivity index (χ1) is 9.86. The number of ether oxygens (including phenoxy) is 1. The van der Waals surface area contributed by atoms with E-state index in [4.69, 9.17) is 5.26 Å². The van der Waals surface area contributed by atoms with Crippen LogP contribution in [-0.4, -0.2) is 22.9 Å². The van der Waals surface area contributed by atoms with Crippen molar-refractivity contribution in [3.05, 3.63) is 47.3 Å². The number of aromatic nitrogens is 2. The summed E-state index contributed by atoms with van der Waals surface area (Å²) in [6, 6.07) is 8.09. The molecule has 8 heteroatoms. The highest BCUT2D eigenvalue weighted by atomic mass is 19.4. The smallest absolute Gasteiger partial charge is 0.435 e. The van der Waals surface area contributed by atoms with Gasteiger partial charge in [0.2, 0.25) is 0 Å². The molecule has 0 aliphatic rings. The molecular weight excluding hydrogens is 287 g/mol. The third-order valence-corrected chi connectivity index (χ3v) is 2.64. The molecule has 0 unspecified atom stereocenters. The van der Waals surface area contributed by atoms with Crippen LogP contribution in [0.15, 0.2) is 30.3 Å². The van der Waals surface area contributed by atoms with Gasteiger partial charge in [0.05, 0.1) is 24.4 Å². The van der Waals surface area contributed by atoms with Gasteiger partial charge in [-0.1, -0.05) is 0 Å². The van der Waals surface area contributed by atoms with E-state index in [1.807, 2.05) is 6.07 Å². The SMILES string of the molecule is COC(=O)c1cc(C(F)(F)F)nn1-c1ccc(C#N)cc1. The summed E-state index contributed by atoms with van der Waals surface area (Å²) >= 11 is 0. The van der Waals surface area contributed by atoms with Gasteiger partial charge in [0.15, 0.2) is 11.4 Å². The number of nitrogens with zero attached hydrogens (tertiary/aromatic N) is 3. The first kappa shape index (κ1) is 14.6. The zero-order chi connectivity index (χ0) is 15.6. The first-order valence-electron chi connectivity index (χ1n) is 5.63. The summed E-state index contributed by atoms with van der Waals surface area (Å²) in [6.45, 7) is 0. The lowest BCUT2D eigenvalue weighted by molar-refractivity contribution is -0.141. The Hall–Kier alpha value is -2.82. The van der Waals surface area contributed by atoms with Crippen molar-refractivity contribution < 1.29 is 22.7 Å². The highest BCUT2D eigenvalue weighted by Crippen LogP contribution is 2.29. The molecule has 0 atom stereocenters. The van der Waals surface area contributed by atoms with E-state index in [2.05, 4.69) is 9.84 Å². The lowest BCUT2D eigenvalue weighted by atomic mass is 10.2. The van der Waals surface area contributed by atoms with E-state index < -0.39 is 17.8 Å². The molecule has 0 bridgehead atoms. The number of nitriles is 1. The van der Waals surface area contributed by atoms with Crippen molar-refractivity contribution >= 4 is 5.97 Å². The van der Waals surface area contributed by atoms with Crippen molar-refractivity contribution in [2.45, 2.75) is 6.18 Å². The fourth-order valence-electron chi connectivity index (χ4n) is 1.64. The van der Waals surface area contributed by atoms with Crippen LogP contribution in [0.1, 0.15) is 21.7 Å². The lowest BCUT2D eigenvalue weighted by Gasteiger charge is -2.05. The Morgan fingerprint density at radius 1 is 1.33 bits per heavy atom. The van der Waals surface area contributed by atoms with Crippen molar-refractivity contribution in [2.24, 2.45) is 0 Å². The van der Waals surface area contributed by atoms with Crippen LogP contribution in [0.2, 0.25) is 0 Å². The summed E-state index contributed by atoms with van der Waals surface area (Å²) in [7, 11) is 1.06. The number of hydrogen-bond donors (Lipinski definition) is 0. The highest BCUT2D eigenvalue weighted by molar-refractivity contribution is 5.88. The average molecular weight is 295 g/mol. The fourth-order valence-corrected chi connectivity index (χ4v) is 1.64. The third-order valence-electron chi connectivity index (χ3n) is 2.64. The highest BCUT2D eigenvalue weighted by Gasteiger charge is 2.36. The molecule has 108 valence electrons. The quantitative estimate of drug-likeness (QED) is 0.798. The zero-order valence-electron chi connectivity index (χ0n) is 10.7. The van der Waals surface area contributed by atoms with Gasteiger partial charge in [-0.2, -0.15) is 23.5 Å². The molecular formula is C13H8F3N3O2. The van der Waals surface area contributed by atoms with Crippen LogP contribution < -0.4 is 0 Å². The Morgan fingerprint density at radius 3 is 2.43 bits per heavy atom. The molecule has 0 fully saturated rings. The molecule has 0 aliphatic heterocycles. The molecule has 0 aliphatic carbocycles. The molecule has 0 saturated carbocycles. The predicted octanol–water partition coefficient (Wildman–Crippen LogP) is 2.55. The van der Waals surface area contributed by atoms with Crippen molar-refractivity contribution in [3.8, 4) is 11.8 Å². The molecule has 21 heavy (non-hydrogen) atoms.